The third kappa shape index (κ3) is 4.41. The Balaban J connectivity index is 1.46. The average molecular weight is 426 g/mol. The van der Waals surface area contributed by atoms with Crippen LogP contribution in [0.5, 0.6) is 11.5 Å². The van der Waals surface area contributed by atoms with Crippen LogP contribution in [0.2, 0.25) is 0 Å². The summed E-state index contributed by atoms with van der Waals surface area (Å²) in [6, 6.07) is 13.2. The van der Waals surface area contributed by atoms with Gasteiger partial charge in [0.1, 0.15) is 23.1 Å². The highest BCUT2D eigenvalue weighted by atomic mass is 32.1. The quantitative estimate of drug-likeness (QED) is 0.475. The molecule has 0 unspecified atom stereocenters. The molecule has 2 aromatic carbocycles. The number of ether oxygens (including phenoxy) is 2. The molecule has 30 heavy (non-hydrogen) atoms. The number of carbonyl (C=O) groups excluding carboxylic acids is 1. The van der Waals surface area contributed by atoms with Gasteiger partial charge in [0.25, 0.3) is 5.91 Å². The number of hydrogen-bond acceptors (Lipinski definition) is 6. The number of benzene rings is 2. The van der Waals surface area contributed by atoms with Crippen LogP contribution in [0.25, 0.3) is 15.3 Å². The normalized spacial score (nSPS) is 10.9. The van der Waals surface area contributed by atoms with Crippen LogP contribution in [-0.4, -0.2) is 33.9 Å². The zero-order chi connectivity index (χ0) is 21.1. The van der Waals surface area contributed by atoms with E-state index in [1.165, 1.54) is 28.2 Å². The standard InChI is InChI=1S/C21H19FN4O3S/c1-3-28-15-5-7-16(8-6-15)29-12-20(27)24-19-10-13(2)25-26(19)21-23-17-9-4-14(22)11-18(17)30-21/h4-11H,3,12H2,1-2H3,(H,24,27). The maximum atomic E-state index is 13.5. The average Bonchev–Trinajstić information content (AvgIpc) is 3.30. The molecule has 0 aliphatic carbocycles. The largest absolute Gasteiger partial charge is 0.494 e. The molecule has 0 spiro atoms. The molecule has 2 aromatic heterocycles. The predicted octanol–water partition coefficient (Wildman–Crippen LogP) is 4.35. The molecule has 0 aliphatic rings. The molecule has 2 heterocycles. The fraction of sp³-hybridized carbons (Fsp3) is 0.190. The molecule has 4 rings (SSSR count). The Bertz CT molecular complexity index is 1190. The van der Waals surface area contributed by atoms with Crippen molar-refractivity contribution in [2.45, 2.75) is 13.8 Å². The second-order valence-electron chi connectivity index (χ2n) is 6.43. The summed E-state index contributed by atoms with van der Waals surface area (Å²) < 4.78 is 26.6. The van der Waals surface area contributed by atoms with E-state index in [-0.39, 0.29) is 18.3 Å². The lowest BCUT2D eigenvalue weighted by atomic mass is 10.3. The van der Waals surface area contributed by atoms with Crippen molar-refractivity contribution in [2.24, 2.45) is 0 Å². The molecule has 1 N–H and O–H groups in total. The van der Waals surface area contributed by atoms with Crippen molar-refractivity contribution in [2.75, 3.05) is 18.5 Å². The summed E-state index contributed by atoms with van der Waals surface area (Å²) in [5, 5.41) is 7.72. The predicted molar refractivity (Wildman–Crippen MR) is 113 cm³/mol. The summed E-state index contributed by atoms with van der Waals surface area (Å²) in [4.78, 5) is 16.9. The first kappa shape index (κ1) is 19.8. The molecule has 0 saturated heterocycles. The highest BCUT2D eigenvalue weighted by Gasteiger charge is 2.15. The third-order valence-electron chi connectivity index (χ3n) is 4.12. The minimum absolute atomic E-state index is 0.163. The number of aryl methyl sites for hydroxylation is 1. The van der Waals surface area contributed by atoms with E-state index < -0.39 is 0 Å². The Morgan fingerprint density at radius 3 is 2.60 bits per heavy atom. The minimum atomic E-state index is -0.336. The van der Waals surface area contributed by atoms with Crippen LogP contribution >= 0.6 is 11.3 Å². The lowest BCUT2D eigenvalue weighted by Crippen LogP contribution is -2.21. The van der Waals surface area contributed by atoms with Crippen molar-refractivity contribution < 1.29 is 18.7 Å². The number of nitrogens with zero attached hydrogens (tertiary/aromatic N) is 3. The summed E-state index contributed by atoms with van der Waals surface area (Å²) in [6.07, 6.45) is 0. The first-order valence-electron chi connectivity index (χ1n) is 9.30. The number of carbonyl (C=O) groups is 1. The first-order chi connectivity index (χ1) is 14.5. The van der Waals surface area contributed by atoms with E-state index in [0.717, 1.165) is 5.75 Å². The van der Waals surface area contributed by atoms with Crippen molar-refractivity contribution in [3.8, 4) is 16.6 Å². The van der Waals surface area contributed by atoms with Gasteiger partial charge in [-0.25, -0.2) is 9.37 Å². The second kappa shape index (κ2) is 8.50. The summed E-state index contributed by atoms with van der Waals surface area (Å²) in [7, 11) is 0. The van der Waals surface area contributed by atoms with Gasteiger partial charge < -0.3 is 14.8 Å². The van der Waals surface area contributed by atoms with Crippen molar-refractivity contribution >= 4 is 33.3 Å². The van der Waals surface area contributed by atoms with Gasteiger partial charge in [0.15, 0.2) is 6.61 Å². The number of amides is 1. The van der Waals surface area contributed by atoms with E-state index in [1.54, 1.807) is 36.4 Å². The number of rotatable bonds is 7. The lowest BCUT2D eigenvalue weighted by molar-refractivity contribution is -0.118. The Hall–Kier alpha value is -3.46. The van der Waals surface area contributed by atoms with E-state index in [9.17, 15) is 9.18 Å². The van der Waals surface area contributed by atoms with E-state index in [0.29, 0.717) is 39.2 Å². The SMILES string of the molecule is CCOc1ccc(OCC(=O)Nc2cc(C)nn2-c2nc3ccc(F)cc3s2)cc1. The maximum Gasteiger partial charge on any atom is 0.263 e. The van der Waals surface area contributed by atoms with Crippen LogP contribution in [0, 0.1) is 12.7 Å². The van der Waals surface area contributed by atoms with E-state index in [2.05, 4.69) is 15.4 Å². The Morgan fingerprint density at radius 2 is 1.87 bits per heavy atom. The summed E-state index contributed by atoms with van der Waals surface area (Å²) in [5.74, 6) is 1.11. The van der Waals surface area contributed by atoms with E-state index in [1.807, 2.05) is 13.8 Å². The van der Waals surface area contributed by atoms with Gasteiger partial charge in [-0.05, 0) is 56.3 Å². The van der Waals surface area contributed by atoms with Crippen molar-refractivity contribution in [3.05, 3.63) is 60.0 Å². The van der Waals surface area contributed by atoms with Gasteiger partial charge in [-0.1, -0.05) is 11.3 Å². The molecule has 7 nitrogen and oxygen atoms in total. The highest BCUT2D eigenvalue weighted by Crippen LogP contribution is 2.28. The number of fused-ring (bicyclic) bond motifs is 1. The molecule has 0 radical (unpaired) electrons. The summed E-state index contributed by atoms with van der Waals surface area (Å²) in [5.41, 5.74) is 1.38. The molecule has 0 aliphatic heterocycles. The Labute approximate surface area is 176 Å². The van der Waals surface area contributed by atoms with Gasteiger partial charge in [0, 0.05) is 6.07 Å². The van der Waals surface area contributed by atoms with Crippen LogP contribution in [-0.2, 0) is 4.79 Å². The summed E-state index contributed by atoms with van der Waals surface area (Å²) >= 11 is 1.29. The number of anilines is 1. The van der Waals surface area contributed by atoms with Crippen molar-refractivity contribution in [3.63, 3.8) is 0 Å². The molecular formula is C21H19FN4O3S. The molecule has 0 fully saturated rings. The molecule has 1 amide bonds. The fourth-order valence-electron chi connectivity index (χ4n) is 2.84. The summed E-state index contributed by atoms with van der Waals surface area (Å²) in [6.45, 7) is 4.14. The van der Waals surface area contributed by atoms with E-state index in [4.69, 9.17) is 9.47 Å². The second-order valence-corrected chi connectivity index (χ2v) is 7.44. The highest BCUT2D eigenvalue weighted by molar-refractivity contribution is 7.20. The molecular weight excluding hydrogens is 407 g/mol. The van der Waals surface area contributed by atoms with Gasteiger partial charge in [-0.3, -0.25) is 4.79 Å². The zero-order valence-electron chi connectivity index (χ0n) is 16.4. The Morgan fingerprint density at radius 1 is 1.13 bits per heavy atom. The minimum Gasteiger partial charge on any atom is -0.494 e. The molecule has 4 aromatic rings. The number of hydrogen-bond donors (Lipinski definition) is 1. The molecule has 0 bridgehead atoms. The number of nitrogens with one attached hydrogen (secondary N) is 1. The van der Waals surface area contributed by atoms with Crippen LogP contribution < -0.4 is 14.8 Å². The van der Waals surface area contributed by atoms with Crippen LogP contribution in [0.1, 0.15) is 12.6 Å². The number of halogens is 1. The lowest BCUT2D eigenvalue weighted by Gasteiger charge is -2.09. The molecule has 9 heteroatoms. The topological polar surface area (TPSA) is 78.3 Å². The fourth-order valence-corrected chi connectivity index (χ4v) is 3.79. The molecule has 0 atom stereocenters. The van der Waals surface area contributed by atoms with Gasteiger partial charge in [0.2, 0.25) is 5.13 Å². The van der Waals surface area contributed by atoms with Gasteiger partial charge in [0.05, 0.1) is 22.5 Å². The van der Waals surface area contributed by atoms with Crippen LogP contribution in [0.4, 0.5) is 10.2 Å². The van der Waals surface area contributed by atoms with Crippen LogP contribution in [0.3, 0.4) is 0 Å². The van der Waals surface area contributed by atoms with Gasteiger partial charge >= 0.3 is 0 Å². The third-order valence-corrected chi connectivity index (χ3v) is 5.12. The van der Waals surface area contributed by atoms with E-state index >= 15 is 0 Å². The molecule has 0 saturated carbocycles. The Kier molecular flexibility index (Phi) is 5.62. The number of aromatic nitrogens is 3. The van der Waals surface area contributed by atoms with Gasteiger partial charge in [-0.15, -0.1) is 0 Å². The smallest absolute Gasteiger partial charge is 0.263 e. The van der Waals surface area contributed by atoms with Gasteiger partial charge in [-0.2, -0.15) is 9.78 Å². The molecule has 154 valence electrons. The first-order valence-corrected chi connectivity index (χ1v) is 10.1. The maximum absolute atomic E-state index is 13.5. The van der Waals surface area contributed by atoms with Crippen molar-refractivity contribution in [1.82, 2.24) is 14.8 Å². The number of thiazole rings is 1. The van der Waals surface area contributed by atoms with Crippen LogP contribution in [0.15, 0.2) is 48.5 Å². The van der Waals surface area contributed by atoms with Crippen molar-refractivity contribution in [1.29, 1.82) is 0 Å². The zero-order valence-corrected chi connectivity index (χ0v) is 17.2. The monoisotopic (exact) mass is 426 g/mol.